The Balaban J connectivity index is 2.05. The van der Waals surface area contributed by atoms with E-state index in [9.17, 15) is 0 Å². The second-order valence-electron chi connectivity index (χ2n) is 5.58. The number of rotatable bonds is 9. The van der Waals surface area contributed by atoms with Crippen LogP contribution in [0.4, 0.5) is 5.82 Å². The molecule has 1 aromatic heterocycles. The molecule has 4 heteroatoms. The Morgan fingerprint density at radius 2 is 2.30 bits per heavy atom. The predicted molar refractivity (Wildman–Crippen MR) is 82.9 cm³/mol. The van der Waals surface area contributed by atoms with E-state index in [1.54, 1.807) is 7.11 Å². The summed E-state index contributed by atoms with van der Waals surface area (Å²) in [5.74, 6) is 1.88. The number of anilines is 1. The van der Waals surface area contributed by atoms with Crippen LogP contribution in [0.1, 0.15) is 32.3 Å². The molecule has 1 unspecified atom stereocenters. The molecule has 0 aromatic carbocycles. The molecule has 20 heavy (non-hydrogen) atoms. The molecule has 1 atom stereocenters. The van der Waals surface area contributed by atoms with Crippen molar-refractivity contribution in [2.24, 2.45) is 5.92 Å². The fourth-order valence-corrected chi connectivity index (χ4v) is 2.62. The topological polar surface area (TPSA) is 37.4 Å². The fourth-order valence-electron chi connectivity index (χ4n) is 2.62. The Morgan fingerprint density at radius 3 is 2.95 bits per heavy atom. The van der Waals surface area contributed by atoms with Crippen LogP contribution >= 0.6 is 0 Å². The van der Waals surface area contributed by atoms with Gasteiger partial charge in [0.25, 0.3) is 0 Å². The number of aromatic nitrogens is 1. The molecule has 112 valence electrons. The maximum atomic E-state index is 5.27. The lowest BCUT2D eigenvalue weighted by Crippen LogP contribution is -2.36. The summed E-state index contributed by atoms with van der Waals surface area (Å²) in [5.41, 5.74) is 1.28. The molecule has 0 aliphatic heterocycles. The van der Waals surface area contributed by atoms with Crippen molar-refractivity contribution in [2.45, 2.75) is 39.3 Å². The van der Waals surface area contributed by atoms with Crippen molar-refractivity contribution in [1.82, 2.24) is 9.88 Å². The maximum Gasteiger partial charge on any atom is 0.130 e. The molecule has 1 saturated carbocycles. The molecule has 0 bridgehead atoms. The Morgan fingerprint density at radius 1 is 1.50 bits per heavy atom. The summed E-state index contributed by atoms with van der Waals surface area (Å²) in [4.78, 5) is 6.98. The third kappa shape index (κ3) is 4.18. The van der Waals surface area contributed by atoms with Crippen LogP contribution in [-0.4, -0.2) is 42.7 Å². The van der Waals surface area contributed by atoms with Gasteiger partial charge in [0.05, 0.1) is 6.61 Å². The van der Waals surface area contributed by atoms with Crippen molar-refractivity contribution >= 4 is 5.82 Å². The molecular weight excluding hydrogens is 250 g/mol. The number of nitrogens with one attached hydrogen (secondary N) is 1. The van der Waals surface area contributed by atoms with Crippen LogP contribution in [0, 0.1) is 5.92 Å². The lowest BCUT2D eigenvalue weighted by atomic mass is 10.1. The summed E-state index contributed by atoms with van der Waals surface area (Å²) in [7, 11) is 1.77. The first kappa shape index (κ1) is 15.3. The molecule has 1 N–H and O–H groups in total. The smallest absolute Gasteiger partial charge is 0.130 e. The van der Waals surface area contributed by atoms with Crippen LogP contribution in [0.25, 0.3) is 0 Å². The number of ether oxygens (including phenoxy) is 1. The second kappa shape index (κ2) is 7.60. The van der Waals surface area contributed by atoms with E-state index in [4.69, 9.17) is 4.74 Å². The fraction of sp³-hybridized carbons (Fsp3) is 0.688. The van der Waals surface area contributed by atoms with E-state index >= 15 is 0 Å². The van der Waals surface area contributed by atoms with Crippen molar-refractivity contribution in [2.75, 3.05) is 32.1 Å². The van der Waals surface area contributed by atoms with Crippen LogP contribution in [0.3, 0.4) is 0 Å². The molecule has 1 aromatic rings. The zero-order chi connectivity index (χ0) is 14.4. The van der Waals surface area contributed by atoms with Crippen LogP contribution in [0.15, 0.2) is 18.3 Å². The van der Waals surface area contributed by atoms with E-state index in [1.165, 1.54) is 18.4 Å². The minimum absolute atomic E-state index is 0.625. The zero-order valence-corrected chi connectivity index (χ0v) is 12.9. The quantitative estimate of drug-likeness (QED) is 0.753. The maximum absolute atomic E-state index is 5.27. The lowest BCUT2D eigenvalue weighted by Gasteiger charge is -2.29. The van der Waals surface area contributed by atoms with E-state index in [1.807, 2.05) is 12.3 Å². The van der Waals surface area contributed by atoms with Crippen LogP contribution in [0.5, 0.6) is 0 Å². The van der Waals surface area contributed by atoms with E-state index < -0.39 is 0 Å². The van der Waals surface area contributed by atoms with Crippen molar-refractivity contribution < 1.29 is 4.74 Å². The summed E-state index contributed by atoms with van der Waals surface area (Å²) in [6.07, 6.45) is 4.60. The highest BCUT2D eigenvalue weighted by Crippen LogP contribution is 2.35. The SMILES string of the molecule is CCNc1ncccc1CN(CCOC)C(C)C1CC1. The van der Waals surface area contributed by atoms with Crippen molar-refractivity contribution in [1.29, 1.82) is 0 Å². The highest BCUT2D eigenvalue weighted by molar-refractivity contribution is 5.43. The first-order chi connectivity index (χ1) is 9.76. The molecule has 0 radical (unpaired) electrons. The van der Waals surface area contributed by atoms with Gasteiger partial charge in [0.15, 0.2) is 0 Å². The average Bonchev–Trinajstić information content (AvgIpc) is 3.29. The van der Waals surface area contributed by atoms with Gasteiger partial charge in [-0.25, -0.2) is 4.98 Å². The number of nitrogens with zero attached hydrogens (tertiary/aromatic N) is 2. The molecule has 0 amide bonds. The first-order valence-electron chi connectivity index (χ1n) is 7.67. The normalized spacial score (nSPS) is 16.4. The third-order valence-electron chi connectivity index (χ3n) is 4.07. The monoisotopic (exact) mass is 277 g/mol. The number of hydrogen-bond donors (Lipinski definition) is 1. The number of hydrogen-bond acceptors (Lipinski definition) is 4. The molecule has 1 heterocycles. The second-order valence-corrected chi connectivity index (χ2v) is 5.58. The van der Waals surface area contributed by atoms with Gasteiger partial charge in [0.2, 0.25) is 0 Å². The van der Waals surface area contributed by atoms with Gasteiger partial charge in [0.1, 0.15) is 5.82 Å². The number of methoxy groups -OCH3 is 1. The summed E-state index contributed by atoms with van der Waals surface area (Å²) in [5, 5.41) is 3.35. The Labute approximate surface area is 122 Å². The largest absolute Gasteiger partial charge is 0.383 e. The van der Waals surface area contributed by atoms with E-state index in [0.717, 1.165) is 38.0 Å². The van der Waals surface area contributed by atoms with Crippen molar-refractivity contribution in [3.8, 4) is 0 Å². The third-order valence-corrected chi connectivity index (χ3v) is 4.07. The lowest BCUT2D eigenvalue weighted by molar-refractivity contribution is 0.112. The molecular formula is C16H27N3O. The highest BCUT2D eigenvalue weighted by Gasteiger charge is 2.32. The molecule has 1 fully saturated rings. The standard InChI is InChI=1S/C16H27N3O/c1-4-17-16-15(6-5-9-18-16)12-19(10-11-20-3)13(2)14-7-8-14/h5-6,9,13-14H,4,7-8,10-12H2,1-3H3,(H,17,18). The van der Waals surface area contributed by atoms with Crippen LogP contribution in [0.2, 0.25) is 0 Å². The molecule has 2 rings (SSSR count). The van der Waals surface area contributed by atoms with Gasteiger partial charge in [0, 0.05) is 44.5 Å². The Kier molecular flexibility index (Phi) is 5.80. The van der Waals surface area contributed by atoms with E-state index in [-0.39, 0.29) is 0 Å². The van der Waals surface area contributed by atoms with Crippen molar-refractivity contribution in [3.63, 3.8) is 0 Å². The number of pyridine rings is 1. The molecule has 1 aliphatic carbocycles. The Hall–Kier alpha value is -1.13. The summed E-state index contributed by atoms with van der Waals surface area (Å²) in [6.45, 7) is 8.06. The minimum atomic E-state index is 0.625. The summed E-state index contributed by atoms with van der Waals surface area (Å²) < 4.78 is 5.27. The highest BCUT2D eigenvalue weighted by atomic mass is 16.5. The summed E-state index contributed by atoms with van der Waals surface area (Å²) in [6, 6.07) is 4.82. The van der Waals surface area contributed by atoms with Gasteiger partial charge in [-0.3, -0.25) is 4.90 Å². The van der Waals surface area contributed by atoms with Crippen LogP contribution < -0.4 is 5.32 Å². The first-order valence-corrected chi connectivity index (χ1v) is 7.67. The van der Waals surface area contributed by atoms with Gasteiger partial charge in [-0.1, -0.05) is 6.07 Å². The summed E-state index contributed by atoms with van der Waals surface area (Å²) >= 11 is 0. The van der Waals surface area contributed by atoms with Gasteiger partial charge in [-0.05, 0) is 38.7 Å². The predicted octanol–water partition coefficient (Wildman–Crippen LogP) is 2.76. The van der Waals surface area contributed by atoms with Crippen molar-refractivity contribution in [3.05, 3.63) is 23.9 Å². The van der Waals surface area contributed by atoms with Gasteiger partial charge in [-0.15, -0.1) is 0 Å². The van der Waals surface area contributed by atoms with Gasteiger partial charge < -0.3 is 10.1 Å². The van der Waals surface area contributed by atoms with Gasteiger partial charge >= 0.3 is 0 Å². The van der Waals surface area contributed by atoms with Gasteiger partial charge in [-0.2, -0.15) is 0 Å². The molecule has 0 spiro atoms. The average molecular weight is 277 g/mol. The van der Waals surface area contributed by atoms with Crippen LogP contribution in [-0.2, 0) is 11.3 Å². The zero-order valence-electron chi connectivity index (χ0n) is 12.9. The molecule has 4 nitrogen and oxygen atoms in total. The Bertz CT molecular complexity index is 406. The molecule has 1 aliphatic rings. The minimum Gasteiger partial charge on any atom is -0.383 e. The molecule has 0 saturated heterocycles. The van der Waals surface area contributed by atoms with E-state index in [2.05, 4.69) is 35.1 Å². The van der Waals surface area contributed by atoms with E-state index in [0.29, 0.717) is 6.04 Å².